The largest absolute Gasteiger partial charge is 0.336 e. The Balaban J connectivity index is 1.83. The van der Waals surface area contributed by atoms with Crippen LogP contribution in [0.3, 0.4) is 0 Å². The summed E-state index contributed by atoms with van der Waals surface area (Å²) in [6.07, 6.45) is 6.83. The van der Waals surface area contributed by atoms with Crippen LogP contribution in [0.4, 0.5) is 4.79 Å². The molecule has 2 bridgehead atoms. The van der Waals surface area contributed by atoms with Crippen molar-refractivity contribution in [2.75, 3.05) is 32.1 Å². The highest BCUT2D eigenvalue weighted by molar-refractivity contribution is 7.98. The standard InChI is InChI=1S/C14H27N3OS/c1-11(7-9-19-3)15-14(18)17-8-6-12-4-5-13(10-17)16(12)2/h11-13H,4-10H2,1-3H3,(H,15,18)/t11-,12+,13-/m0/s1. The third-order valence-electron chi connectivity index (χ3n) is 4.56. The minimum absolute atomic E-state index is 0.134. The van der Waals surface area contributed by atoms with Crippen LogP contribution in [0.15, 0.2) is 0 Å². The van der Waals surface area contributed by atoms with Gasteiger partial charge in [-0.05, 0) is 51.7 Å². The summed E-state index contributed by atoms with van der Waals surface area (Å²) in [5.41, 5.74) is 0. The molecule has 2 aliphatic rings. The summed E-state index contributed by atoms with van der Waals surface area (Å²) in [7, 11) is 2.21. The second kappa shape index (κ2) is 6.84. The predicted octanol–water partition coefficient (Wildman–Crippen LogP) is 2.01. The van der Waals surface area contributed by atoms with E-state index in [1.807, 2.05) is 16.7 Å². The monoisotopic (exact) mass is 285 g/mol. The Kier molecular flexibility index (Phi) is 5.39. The van der Waals surface area contributed by atoms with Gasteiger partial charge in [0.05, 0.1) is 0 Å². The molecule has 0 spiro atoms. The number of amides is 2. The number of fused-ring (bicyclic) bond motifs is 2. The van der Waals surface area contributed by atoms with Crippen LogP contribution in [-0.2, 0) is 0 Å². The van der Waals surface area contributed by atoms with Gasteiger partial charge in [-0.15, -0.1) is 0 Å². The molecule has 0 saturated carbocycles. The summed E-state index contributed by atoms with van der Waals surface area (Å²) in [5, 5.41) is 3.14. The number of urea groups is 1. The molecule has 3 atom stereocenters. The molecule has 0 aromatic rings. The topological polar surface area (TPSA) is 35.6 Å². The van der Waals surface area contributed by atoms with Crippen LogP contribution in [0.1, 0.15) is 32.6 Å². The maximum atomic E-state index is 12.3. The van der Waals surface area contributed by atoms with E-state index in [4.69, 9.17) is 0 Å². The van der Waals surface area contributed by atoms with E-state index >= 15 is 0 Å². The van der Waals surface area contributed by atoms with E-state index in [1.54, 1.807) is 0 Å². The van der Waals surface area contributed by atoms with Crippen molar-refractivity contribution < 1.29 is 4.79 Å². The first kappa shape index (κ1) is 15.0. The summed E-state index contributed by atoms with van der Waals surface area (Å²) in [5.74, 6) is 1.11. The van der Waals surface area contributed by atoms with Crippen molar-refractivity contribution in [1.29, 1.82) is 0 Å². The van der Waals surface area contributed by atoms with Crippen molar-refractivity contribution in [2.24, 2.45) is 0 Å². The van der Waals surface area contributed by atoms with Crippen LogP contribution in [0.2, 0.25) is 0 Å². The molecule has 2 saturated heterocycles. The van der Waals surface area contributed by atoms with Crippen LogP contribution in [0, 0.1) is 0 Å². The first-order valence-electron chi connectivity index (χ1n) is 7.38. The molecular weight excluding hydrogens is 258 g/mol. The molecular formula is C14H27N3OS. The Morgan fingerprint density at radius 1 is 1.37 bits per heavy atom. The fourth-order valence-electron chi connectivity index (χ4n) is 3.16. The molecule has 0 aromatic heterocycles. The highest BCUT2D eigenvalue weighted by Gasteiger charge is 2.36. The third kappa shape index (κ3) is 3.78. The van der Waals surface area contributed by atoms with Crippen LogP contribution in [-0.4, -0.2) is 66.1 Å². The quantitative estimate of drug-likeness (QED) is 0.858. The van der Waals surface area contributed by atoms with Gasteiger partial charge in [0.25, 0.3) is 0 Å². The maximum Gasteiger partial charge on any atom is 0.317 e. The van der Waals surface area contributed by atoms with Crippen molar-refractivity contribution in [2.45, 2.75) is 50.7 Å². The fourth-order valence-corrected chi connectivity index (χ4v) is 3.75. The van der Waals surface area contributed by atoms with Crippen LogP contribution in [0.5, 0.6) is 0 Å². The second-order valence-electron chi connectivity index (χ2n) is 5.92. The molecule has 0 aromatic carbocycles. The second-order valence-corrected chi connectivity index (χ2v) is 6.90. The van der Waals surface area contributed by atoms with Crippen molar-refractivity contribution >= 4 is 17.8 Å². The van der Waals surface area contributed by atoms with E-state index in [0.717, 1.165) is 31.7 Å². The molecule has 1 N–H and O–H groups in total. The number of likely N-dealkylation sites (N-methyl/N-ethyl adjacent to an activating group) is 1. The molecule has 0 aliphatic carbocycles. The zero-order chi connectivity index (χ0) is 13.8. The Bertz CT molecular complexity index is 313. The van der Waals surface area contributed by atoms with Gasteiger partial charge in [-0.25, -0.2) is 4.79 Å². The van der Waals surface area contributed by atoms with E-state index in [1.165, 1.54) is 12.8 Å². The number of hydrogen-bond acceptors (Lipinski definition) is 3. The molecule has 5 heteroatoms. The normalized spacial score (nSPS) is 29.1. The van der Waals surface area contributed by atoms with E-state index in [-0.39, 0.29) is 12.1 Å². The maximum absolute atomic E-state index is 12.3. The lowest BCUT2D eigenvalue weighted by molar-refractivity contribution is 0.185. The molecule has 2 fully saturated rings. The molecule has 0 unspecified atom stereocenters. The van der Waals surface area contributed by atoms with E-state index in [0.29, 0.717) is 12.1 Å². The first-order chi connectivity index (χ1) is 9.11. The van der Waals surface area contributed by atoms with Crippen LogP contribution in [0.25, 0.3) is 0 Å². The predicted molar refractivity (Wildman–Crippen MR) is 81.8 cm³/mol. The molecule has 0 radical (unpaired) electrons. The van der Waals surface area contributed by atoms with Crippen molar-refractivity contribution in [3.63, 3.8) is 0 Å². The van der Waals surface area contributed by atoms with Gasteiger partial charge in [-0.3, -0.25) is 4.90 Å². The van der Waals surface area contributed by atoms with Gasteiger partial charge in [-0.1, -0.05) is 0 Å². The first-order valence-corrected chi connectivity index (χ1v) is 8.77. The van der Waals surface area contributed by atoms with Crippen LogP contribution >= 0.6 is 11.8 Å². The number of carbonyl (C=O) groups is 1. The lowest BCUT2D eigenvalue weighted by Crippen LogP contribution is -2.47. The van der Waals surface area contributed by atoms with Crippen molar-refractivity contribution in [3.8, 4) is 0 Å². The van der Waals surface area contributed by atoms with Gasteiger partial charge in [-0.2, -0.15) is 11.8 Å². The summed E-state index contributed by atoms with van der Waals surface area (Å²) >= 11 is 1.83. The van der Waals surface area contributed by atoms with Gasteiger partial charge in [0.1, 0.15) is 0 Å². The van der Waals surface area contributed by atoms with E-state index in [9.17, 15) is 4.79 Å². The highest BCUT2D eigenvalue weighted by atomic mass is 32.2. The number of rotatable bonds is 4. The molecule has 19 heavy (non-hydrogen) atoms. The van der Waals surface area contributed by atoms with Gasteiger partial charge in [0.2, 0.25) is 0 Å². The fraction of sp³-hybridized carbons (Fsp3) is 0.929. The zero-order valence-electron chi connectivity index (χ0n) is 12.4. The van der Waals surface area contributed by atoms with Gasteiger partial charge < -0.3 is 10.2 Å². The summed E-state index contributed by atoms with van der Waals surface area (Å²) in [6, 6.07) is 1.67. The van der Waals surface area contributed by atoms with Gasteiger partial charge in [0.15, 0.2) is 0 Å². The average molecular weight is 285 g/mol. The van der Waals surface area contributed by atoms with Gasteiger partial charge in [0, 0.05) is 31.2 Å². The molecule has 110 valence electrons. The average Bonchev–Trinajstić information content (AvgIpc) is 2.60. The summed E-state index contributed by atoms with van der Waals surface area (Å²) < 4.78 is 0. The molecule has 2 amide bonds. The SMILES string of the molecule is CSCC[C@H](C)NC(=O)N1CC[C@H]2CC[C@@H](C1)N2C. The number of likely N-dealkylation sites (tertiary alicyclic amines) is 1. The number of hydrogen-bond donors (Lipinski definition) is 1. The minimum atomic E-state index is 0.134. The van der Waals surface area contributed by atoms with Crippen molar-refractivity contribution in [1.82, 2.24) is 15.1 Å². The molecule has 2 rings (SSSR count). The third-order valence-corrected chi connectivity index (χ3v) is 5.20. The van der Waals surface area contributed by atoms with Crippen LogP contribution < -0.4 is 5.32 Å². The highest BCUT2D eigenvalue weighted by Crippen LogP contribution is 2.28. The lowest BCUT2D eigenvalue weighted by atomic mass is 10.1. The molecule has 4 nitrogen and oxygen atoms in total. The molecule has 2 heterocycles. The minimum Gasteiger partial charge on any atom is -0.336 e. The Hall–Kier alpha value is -0.420. The van der Waals surface area contributed by atoms with E-state index < -0.39 is 0 Å². The number of nitrogens with zero attached hydrogens (tertiary/aromatic N) is 2. The Morgan fingerprint density at radius 2 is 2.11 bits per heavy atom. The lowest BCUT2D eigenvalue weighted by Gasteiger charge is -2.27. The smallest absolute Gasteiger partial charge is 0.317 e. The Labute approximate surface area is 121 Å². The zero-order valence-corrected chi connectivity index (χ0v) is 13.2. The number of thioether (sulfide) groups is 1. The number of carbonyl (C=O) groups excluding carboxylic acids is 1. The number of nitrogens with one attached hydrogen (secondary N) is 1. The van der Waals surface area contributed by atoms with Crippen molar-refractivity contribution in [3.05, 3.63) is 0 Å². The summed E-state index contributed by atoms with van der Waals surface area (Å²) in [4.78, 5) is 16.8. The van der Waals surface area contributed by atoms with E-state index in [2.05, 4.69) is 30.4 Å². The molecule has 2 aliphatic heterocycles. The van der Waals surface area contributed by atoms with Gasteiger partial charge >= 0.3 is 6.03 Å². The summed E-state index contributed by atoms with van der Waals surface area (Å²) in [6.45, 7) is 3.91. The Morgan fingerprint density at radius 3 is 2.84 bits per heavy atom.